The molecule has 0 spiro atoms. The predicted octanol–water partition coefficient (Wildman–Crippen LogP) is 3.37. The summed E-state index contributed by atoms with van der Waals surface area (Å²) >= 11 is 0. The minimum atomic E-state index is -3.88. The van der Waals surface area contributed by atoms with E-state index < -0.39 is 16.0 Å². The molecule has 5 nitrogen and oxygen atoms in total. The summed E-state index contributed by atoms with van der Waals surface area (Å²) in [4.78, 5) is 12.0. The lowest BCUT2D eigenvalue weighted by atomic mass is 9.88. The maximum Gasteiger partial charge on any atom is 0.339 e. The van der Waals surface area contributed by atoms with E-state index in [4.69, 9.17) is 8.92 Å². The summed E-state index contributed by atoms with van der Waals surface area (Å²) in [6.45, 7) is 3.84. The van der Waals surface area contributed by atoms with E-state index in [9.17, 15) is 13.2 Å². The van der Waals surface area contributed by atoms with Gasteiger partial charge in [0.1, 0.15) is 10.6 Å². The van der Waals surface area contributed by atoms with Crippen LogP contribution in [-0.2, 0) is 19.6 Å². The first-order valence-corrected chi connectivity index (χ1v) is 8.93. The van der Waals surface area contributed by atoms with Gasteiger partial charge in [-0.3, -0.25) is 4.79 Å². The molecule has 1 unspecified atom stereocenters. The lowest BCUT2D eigenvalue weighted by molar-refractivity contribution is -0.143. The topological polar surface area (TPSA) is 69.7 Å². The Bertz CT molecular complexity index is 780. The molecule has 0 saturated carbocycles. The van der Waals surface area contributed by atoms with Crippen molar-refractivity contribution in [3.63, 3.8) is 0 Å². The molecule has 0 radical (unpaired) electrons. The Kier molecular flexibility index (Phi) is 5.62. The highest BCUT2D eigenvalue weighted by molar-refractivity contribution is 7.87. The second kappa shape index (κ2) is 7.49. The van der Waals surface area contributed by atoms with E-state index in [1.165, 1.54) is 31.4 Å². The van der Waals surface area contributed by atoms with E-state index >= 15 is 0 Å². The van der Waals surface area contributed by atoms with Gasteiger partial charge < -0.3 is 8.92 Å². The first-order valence-electron chi connectivity index (χ1n) is 7.52. The molecule has 0 amide bonds. The number of methoxy groups -OCH3 is 1. The second-order valence-corrected chi connectivity index (χ2v) is 7.21. The average molecular weight is 348 g/mol. The number of carbonyl (C=O) groups is 1. The number of hydrogen-bond acceptors (Lipinski definition) is 5. The molecule has 0 saturated heterocycles. The van der Waals surface area contributed by atoms with Crippen LogP contribution in [0.3, 0.4) is 0 Å². The van der Waals surface area contributed by atoms with Crippen LogP contribution in [0.4, 0.5) is 0 Å². The zero-order valence-electron chi connectivity index (χ0n) is 13.8. The van der Waals surface area contributed by atoms with Gasteiger partial charge in [0, 0.05) is 0 Å². The van der Waals surface area contributed by atoms with Gasteiger partial charge in [-0.15, -0.1) is 0 Å². The van der Waals surface area contributed by atoms with Crippen LogP contribution < -0.4 is 4.18 Å². The largest absolute Gasteiger partial charge is 0.469 e. The fourth-order valence-electron chi connectivity index (χ4n) is 2.41. The molecule has 2 rings (SSSR count). The third-order valence-electron chi connectivity index (χ3n) is 3.60. The van der Waals surface area contributed by atoms with Gasteiger partial charge >= 0.3 is 16.1 Å². The van der Waals surface area contributed by atoms with Crippen molar-refractivity contribution in [3.8, 4) is 5.75 Å². The zero-order chi connectivity index (χ0) is 17.7. The number of esters is 1. The van der Waals surface area contributed by atoms with Crippen molar-refractivity contribution >= 4 is 16.1 Å². The van der Waals surface area contributed by atoms with Gasteiger partial charge in [0.2, 0.25) is 0 Å². The highest BCUT2D eigenvalue weighted by Gasteiger charge is 2.25. The van der Waals surface area contributed by atoms with Crippen LogP contribution in [0.1, 0.15) is 25.3 Å². The minimum absolute atomic E-state index is 0.0530. The van der Waals surface area contributed by atoms with E-state index in [1.54, 1.807) is 30.3 Å². The molecular weight excluding hydrogens is 328 g/mol. The summed E-state index contributed by atoms with van der Waals surface area (Å²) in [5, 5.41) is 0. The van der Waals surface area contributed by atoms with E-state index in [0.717, 1.165) is 5.56 Å². The normalized spacial score (nSPS) is 12.7. The minimum Gasteiger partial charge on any atom is -0.469 e. The summed E-state index contributed by atoms with van der Waals surface area (Å²) in [6.07, 6.45) is 0. The van der Waals surface area contributed by atoms with Crippen LogP contribution in [-0.4, -0.2) is 21.5 Å². The average Bonchev–Trinajstić information content (AvgIpc) is 2.56. The van der Waals surface area contributed by atoms with Crippen LogP contribution in [0.2, 0.25) is 0 Å². The molecule has 0 fully saturated rings. The first-order chi connectivity index (χ1) is 11.3. The molecular formula is C18H20O5S. The lowest BCUT2D eigenvalue weighted by Gasteiger charge is -2.19. The molecule has 0 bridgehead atoms. The van der Waals surface area contributed by atoms with Gasteiger partial charge in [0.15, 0.2) is 0 Å². The van der Waals surface area contributed by atoms with Crippen LogP contribution in [0, 0.1) is 5.92 Å². The van der Waals surface area contributed by atoms with Crippen LogP contribution >= 0.6 is 0 Å². The van der Waals surface area contributed by atoms with Gasteiger partial charge in [0.05, 0.1) is 13.0 Å². The SMILES string of the molecule is COC(=O)C(c1ccc(OS(=O)(=O)c2ccccc2)cc1)C(C)C. The Balaban J connectivity index is 2.22. The molecule has 0 aliphatic rings. The maximum absolute atomic E-state index is 12.2. The summed E-state index contributed by atoms with van der Waals surface area (Å²) in [6, 6.07) is 14.3. The molecule has 0 aromatic heterocycles. The van der Waals surface area contributed by atoms with Crippen molar-refractivity contribution in [1.29, 1.82) is 0 Å². The molecule has 2 aromatic rings. The van der Waals surface area contributed by atoms with Crippen molar-refractivity contribution in [2.75, 3.05) is 7.11 Å². The molecule has 24 heavy (non-hydrogen) atoms. The van der Waals surface area contributed by atoms with E-state index in [0.29, 0.717) is 0 Å². The Labute approximate surface area is 142 Å². The molecule has 0 aliphatic heterocycles. The first kappa shape index (κ1) is 18.0. The molecule has 128 valence electrons. The van der Waals surface area contributed by atoms with Crippen molar-refractivity contribution in [1.82, 2.24) is 0 Å². The molecule has 0 heterocycles. The third-order valence-corrected chi connectivity index (χ3v) is 4.86. The number of carbonyl (C=O) groups excluding carboxylic acids is 1. The quantitative estimate of drug-likeness (QED) is 0.591. The highest BCUT2D eigenvalue weighted by Crippen LogP contribution is 2.28. The zero-order valence-corrected chi connectivity index (χ0v) is 14.6. The van der Waals surface area contributed by atoms with Gasteiger partial charge in [-0.25, -0.2) is 0 Å². The molecule has 6 heteroatoms. The van der Waals surface area contributed by atoms with E-state index in [1.807, 2.05) is 13.8 Å². The lowest BCUT2D eigenvalue weighted by Crippen LogP contribution is -2.19. The summed E-state index contributed by atoms with van der Waals surface area (Å²) in [5.41, 5.74) is 0.751. The van der Waals surface area contributed by atoms with E-state index in [2.05, 4.69) is 0 Å². The van der Waals surface area contributed by atoms with Crippen molar-refractivity contribution in [2.45, 2.75) is 24.7 Å². The summed E-state index contributed by atoms with van der Waals surface area (Å²) in [7, 11) is -2.53. The number of hydrogen-bond donors (Lipinski definition) is 0. The Hall–Kier alpha value is -2.34. The second-order valence-electron chi connectivity index (χ2n) is 5.66. The summed E-state index contributed by atoms with van der Waals surface area (Å²) < 4.78 is 34.3. The van der Waals surface area contributed by atoms with Crippen LogP contribution in [0.15, 0.2) is 59.5 Å². The standard InChI is InChI=1S/C18H20O5S/c1-13(2)17(18(19)22-3)14-9-11-15(12-10-14)23-24(20,21)16-7-5-4-6-8-16/h4-13,17H,1-3H3. The van der Waals surface area contributed by atoms with Gasteiger partial charge in [-0.1, -0.05) is 44.2 Å². The van der Waals surface area contributed by atoms with Gasteiger partial charge in [0.25, 0.3) is 0 Å². The van der Waals surface area contributed by atoms with Gasteiger partial charge in [-0.05, 0) is 35.7 Å². The van der Waals surface area contributed by atoms with Gasteiger partial charge in [-0.2, -0.15) is 8.42 Å². The number of rotatable bonds is 6. The molecule has 0 N–H and O–H groups in total. The Morgan fingerprint density at radius 2 is 1.54 bits per heavy atom. The Morgan fingerprint density at radius 3 is 2.04 bits per heavy atom. The maximum atomic E-state index is 12.2. The molecule has 2 aromatic carbocycles. The number of ether oxygens (including phenoxy) is 1. The smallest absolute Gasteiger partial charge is 0.339 e. The van der Waals surface area contributed by atoms with Crippen molar-refractivity contribution < 1.29 is 22.1 Å². The predicted molar refractivity (Wildman–Crippen MR) is 90.3 cm³/mol. The third kappa shape index (κ3) is 4.14. The van der Waals surface area contributed by atoms with E-state index in [-0.39, 0.29) is 22.5 Å². The van der Waals surface area contributed by atoms with Crippen LogP contribution in [0.5, 0.6) is 5.75 Å². The number of benzene rings is 2. The summed E-state index contributed by atoms with van der Waals surface area (Å²) in [5.74, 6) is -0.488. The molecule has 1 atom stereocenters. The van der Waals surface area contributed by atoms with Crippen molar-refractivity contribution in [2.24, 2.45) is 5.92 Å². The monoisotopic (exact) mass is 348 g/mol. The highest BCUT2D eigenvalue weighted by atomic mass is 32.2. The Morgan fingerprint density at radius 1 is 0.958 bits per heavy atom. The molecule has 0 aliphatic carbocycles. The van der Waals surface area contributed by atoms with Crippen molar-refractivity contribution in [3.05, 3.63) is 60.2 Å². The fraction of sp³-hybridized carbons (Fsp3) is 0.278. The fourth-order valence-corrected chi connectivity index (χ4v) is 3.36. The van der Waals surface area contributed by atoms with Crippen LogP contribution in [0.25, 0.3) is 0 Å².